The summed E-state index contributed by atoms with van der Waals surface area (Å²) in [5.74, 6) is -0.792. The highest BCUT2D eigenvalue weighted by molar-refractivity contribution is 7.80. The highest BCUT2D eigenvalue weighted by Gasteiger charge is 2.34. The number of hydrogen-bond donors (Lipinski definition) is 2. The van der Waals surface area contributed by atoms with E-state index in [1.807, 2.05) is 0 Å². The first kappa shape index (κ1) is 14.4. The monoisotopic (exact) mass is 276 g/mol. The Kier molecular flexibility index (Phi) is 4.66. The second-order valence-corrected chi connectivity index (χ2v) is 4.04. The number of thiocarbonyl (C=S) groups is 1. The molecular formula is C11H11F3N2OS. The molecule has 0 atom stereocenters. The number of halogens is 3. The zero-order chi connectivity index (χ0) is 13.8. The number of nitrogens with one attached hydrogen (secondary N) is 1. The predicted octanol–water partition coefficient (Wildman–Crippen LogP) is 2.11. The summed E-state index contributed by atoms with van der Waals surface area (Å²) in [5.41, 5.74) is 3.85. The predicted molar refractivity (Wildman–Crippen MR) is 65.2 cm³/mol. The highest BCUT2D eigenvalue weighted by atomic mass is 32.1. The molecule has 0 aromatic heterocycles. The minimum Gasteiger partial charge on any atom is -0.393 e. The van der Waals surface area contributed by atoms with Crippen LogP contribution in [-0.4, -0.2) is 17.4 Å². The number of benzene rings is 1. The number of carbonyl (C=O) groups is 1. The largest absolute Gasteiger partial charge is 0.417 e. The highest BCUT2D eigenvalue weighted by Crippen LogP contribution is 2.31. The number of amides is 1. The number of rotatable bonds is 4. The molecule has 7 heteroatoms. The van der Waals surface area contributed by atoms with Crippen LogP contribution in [0.5, 0.6) is 0 Å². The van der Waals surface area contributed by atoms with Crippen molar-refractivity contribution >= 4 is 23.1 Å². The Bertz CT molecular complexity index is 460. The Morgan fingerprint density at radius 3 is 2.50 bits per heavy atom. The summed E-state index contributed by atoms with van der Waals surface area (Å²) in [5, 5.41) is 2.34. The van der Waals surface area contributed by atoms with Gasteiger partial charge in [0, 0.05) is 13.0 Å². The Balaban J connectivity index is 2.83. The van der Waals surface area contributed by atoms with Crippen molar-refractivity contribution in [1.82, 2.24) is 5.32 Å². The maximum absolute atomic E-state index is 12.6. The molecule has 1 aromatic rings. The van der Waals surface area contributed by atoms with Gasteiger partial charge in [0.25, 0.3) is 5.91 Å². The lowest BCUT2D eigenvalue weighted by Crippen LogP contribution is -2.29. The topological polar surface area (TPSA) is 55.1 Å². The molecule has 3 N–H and O–H groups in total. The Morgan fingerprint density at radius 2 is 1.94 bits per heavy atom. The molecular weight excluding hydrogens is 265 g/mol. The maximum atomic E-state index is 12.6. The number of alkyl halides is 3. The molecule has 0 unspecified atom stereocenters. The van der Waals surface area contributed by atoms with Crippen LogP contribution in [0.2, 0.25) is 0 Å². The van der Waals surface area contributed by atoms with E-state index < -0.39 is 23.2 Å². The number of nitrogens with two attached hydrogens (primary N) is 1. The van der Waals surface area contributed by atoms with Crippen molar-refractivity contribution in [2.24, 2.45) is 5.73 Å². The molecule has 0 saturated heterocycles. The second-order valence-electron chi connectivity index (χ2n) is 3.52. The minimum absolute atomic E-state index is 0.111. The van der Waals surface area contributed by atoms with E-state index in [0.29, 0.717) is 0 Å². The molecule has 0 heterocycles. The normalized spacial score (nSPS) is 11.1. The lowest BCUT2D eigenvalue weighted by atomic mass is 10.1. The Hall–Kier alpha value is -1.63. The van der Waals surface area contributed by atoms with E-state index in [1.165, 1.54) is 12.1 Å². The van der Waals surface area contributed by atoms with Crippen LogP contribution in [0.15, 0.2) is 24.3 Å². The molecule has 1 aromatic carbocycles. The van der Waals surface area contributed by atoms with E-state index in [9.17, 15) is 18.0 Å². The van der Waals surface area contributed by atoms with Gasteiger partial charge in [-0.1, -0.05) is 24.4 Å². The van der Waals surface area contributed by atoms with Gasteiger partial charge in [-0.25, -0.2) is 0 Å². The fourth-order valence-corrected chi connectivity index (χ4v) is 1.42. The van der Waals surface area contributed by atoms with E-state index in [0.717, 1.165) is 12.1 Å². The zero-order valence-corrected chi connectivity index (χ0v) is 10.1. The van der Waals surface area contributed by atoms with Gasteiger partial charge in [0.1, 0.15) is 0 Å². The average molecular weight is 276 g/mol. The Labute approximate surface area is 107 Å². The summed E-state index contributed by atoms with van der Waals surface area (Å²) in [4.78, 5) is 11.8. The van der Waals surface area contributed by atoms with Crippen molar-refractivity contribution in [3.05, 3.63) is 35.4 Å². The minimum atomic E-state index is -4.56. The van der Waals surface area contributed by atoms with Crippen LogP contribution in [0.1, 0.15) is 22.3 Å². The second kappa shape index (κ2) is 5.81. The smallest absolute Gasteiger partial charge is 0.393 e. The van der Waals surface area contributed by atoms with Crippen LogP contribution in [0, 0.1) is 0 Å². The molecule has 0 spiro atoms. The van der Waals surface area contributed by atoms with E-state index >= 15 is 0 Å². The summed E-state index contributed by atoms with van der Waals surface area (Å²) in [6, 6.07) is 4.59. The third-order valence-corrected chi connectivity index (χ3v) is 2.34. The van der Waals surface area contributed by atoms with Crippen LogP contribution in [0.3, 0.4) is 0 Å². The van der Waals surface area contributed by atoms with E-state index in [-0.39, 0.29) is 18.0 Å². The SMILES string of the molecule is NC(=S)CCNC(=O)c1ccccc1C(F)(F)F. The third kappa shape index (κ3) is 3.99. The van der Waals surface area contributed by atoms with Crippen molar-refractivity contribution in [2.75, 3.05) is 6.54 Å². The first-order valence-electron chi connectivity index (χ1n) is 5.05. The fraction of sp³-hybridized carbons (Fsp3) is 0.273. The molecule has 0 aliphatic carbocycles. The van der Waals surface area contributed by atoms with Crippen LogP contribution >= 0.6 is 12.2 Å². The molecule has 3 nitrogen and oxygen atoms in total. The molecule has 18 heavy (non-hydrogen) atoms. The molecule has 1 amide bonds. The van der Waals surface area contributed by atoms with Crippen molar-refractivity contribution in [3.63, 3.8) is 0 Å². The third-order valence-electron chi connectivity index (χ3n) is 2.13. The molecule has 0 aliphatic heterocycles. The van der Waals surface area contributed by atoms with Gasteiger partial charge in [0.2, 0.25) is 0 Å². The number of carbonyl (C=O) groups excluding carboxylic acids is 1. The molecule has 98 valence electrons. The van der Waals surface area contributed by atoms with Gasteiger partial charge in [0.15, 0.2) is 0 Å². The Morgan fingerprint density at radius 1 is 1.33 bits per heavy atom. The molecule has 0 fully saturated rings. The lowest BCUT2D eigenvalue weighted by molar-refractivity contribution is -0.137. The molecule has 0 bridgehead atoms. The summed E-state index contributed by atoms with van der Waals surface area (Å²) >= 11 is 4.60. The zero-order valence-electron chi connectivity index (χ0n) is 9.25. The van der Waals surface area contributed by atoms with Gasteiger partial charge in [-0.2, -0.15) is 13.2 Å². The van der Waals surface area contributed by atoms with E-state index in [2.05, 4.69) is 17.5 Å². The molecule has 0 aliphatic rings. The number of hydrogen-bond acceptors (Lipinski definition) is 2. The van der Waals surface area contributed by atoms with Crippen molar-refractivity contribution in [3.8, 4) is 0 Å². The van der Waals surface area contributed by atoms with Gasteiger partial charge in [-0.15, -0.1) is 0 Å². The van der Waals surface area contributed by atoms with Crippen molar-refractivity contribution in [1.29, 1.82) is 0 Å². The average Bonchev–Trinajstić information content (AvgIpc) is 2.27. The fourth-order valence-electron chi connectivity index (χ4n) is 1.32. The van der Waals surface area contributed by atoms with Gasteiger partial charge >= 0.3 is 6.18 Å². The van der Waals surface area contributed by atoms with Crippen LogP contribution in [0.4, 0.5) is 13.2 Å². The quantitative estimate of drug-likeness (QED) is 0.828. The van der Waals surface area contributed by atoms with Gasteiger partial charge in [-0.05, 0) is 12.1 Å². The summed E-state index contributed by atoms with van der Waals surface area (Å²) < 4.78 is 37.9. The van der Waals surface area contributed by atoms with Crippen LogP contribution in [0.25, 0.3) is 0 Å². The molecule has 0 saturated carbocycles. The van der Waals surface area contributed by atoms with E-state index in [1.54, 1.807) is 0 Å². The lowest BCUT2D eigenvalue weighted by Gasteiger charge is -2.12. The van der Waals surface area contributed by atoms with Gasteiger partial charge in [0.05, 0.1) is 16.1 Å². The standard InChI is InChI=1S/C11H11F3N2OS/c12-11(13,14)8-4-2-1-3-7(8)10(17)16-6-5-9(15)18/h1-4H,5-6H2,(H2,15,18)(H,16,17). The van der Waals surface area contributed by atoms with Gasteiger partial charge < -0.3 is 11.1 Å². The van der Waals surface area contributed by atoms with Crippen molar-refractivity contribution < 1.29 is 18.0 Å². The van der Waals surface area contributed by atoms with E-state index in [4.69, 9.17) is 5.73 Å². The van der Waals surface area contributed by atoms with Gasteiger partial charge in [-0.3, -0.25) is 4.79 Å². The van der Waals surface area contributed by atoms with Crippen molar-refractivity contribution in [2.45, 2.75) is 12.6 Å². The molecule has 1 rings (SSSR count). The first-order chi connectivity index (χ1) is 8.32. The van der Waals surface area contributed by atoms with Crippen LogP contribution < -0.4 is 11.1 Å². The maximum Gasteiger partial charge on any atom is 0.417 e. The summed E-state index contributed by atoms with van der Waals surface area (Å²) in [6.07, 6.45) is -4.31. The summed E-state index contributed by atoms with van der Waals surface area (Å²) in [6.45, 7) is 0.111. The van der Waals surface area contributed by atoms with Crippen LogP contribution in [-0.2, 0) is 6.18 Å². The molecule has 0 radical (unpaired) electrons. The first-order valence-corrected chi connectivity index (χ1v) is 5.46. The summed E-state index contributed by atoms with van der Waals surface area (Å²) in [7, 11) is 0.